The summed E-state index contributed by atoms with van der Waals surface area (Å²) < 4.78 is 41.0. The van der Waals surface area contributed by atoms with Crippen molar-refractivity contribution in [1.82, 2.24) is 10.2 Å². The van der Waals surface area contributed by atoms with Gasteiger partial charge in [0.05, 0.1) is 11.9 Å². The van der Waals surface area contributed by atoms with Crippen LogP contribution in [0.2, 0.25) is 0 Å². The zero-order valence-electron chi connectivity index (χ0n) is 19.1. The van der Waals surface area contributed by atoms with E-state index in [1.54, 1.807) is 37.3 Å². The lowest BCUT2D eigenvalue weighted by atomic mass is 10.1. The van der Waals surface area contributed by atoms with Gasteiger partial charge < -0.3 is 10.2 Å². The molecule has 0 saturated carbocycles. The second-order valence-corrected chi connectivity index (χ2v) is 10.7. The summed E-state index contributed by atoms with van der Waals surface area (Å²) in [5.41, 5.74) is 0.519. The maximum Gasteiger partial charge on any atom is 0.244 e. The van der Waals surface area contributed by atoms with Crippen LogP contribution >= 0.6 is 15.9 Å². The third kappa shape index (κ3) is 7.53. The molecule has 0 fully saturated rings. The highest BCUT2D eigenvalue weighted by atomic mass is 79.9. The molecule has 1 N–H and O–H groups in total. The van der Waals surface area contributed by atoms with Gasteiger partial charge in [-0.15, -0.1) is 0 Å². The Morgan fingerprint density at radius 2 is 1.79 bits per heavy atom. The summed E-state index contributed by atoms with van der Waals surface area (Å²) in [6.45, 7) is 4.58. The van der Waals surface area contributed by atoms with E-state index in [2.05, 4.69) is 21.2 Å². The fraction of sp³-hybridized carbons (Fsp3) is 0.391. The number of rotatable bonds is 10. The van der Waals surface area contributed by atoms with Crippen LogP contribution in [-0.2, 0) is 26.2 Å². The average Bonchev–Trinajstić information content (AvgIpc) is 2.75. The SMILES string of the molecule is CC[C@@H](C)NC(=O)[C@H](C)N(Cc1ccccc1F)C(=O)CN(c1cccc(Br)c1)S(C)(=O)=O. The van der Waals surface area contributed by atoms with Gasteiger partial charge in [0.2, 0.25) is 21.8 Å². The normalized spacial score (nSPS) is 13.2. The minimum absolute atomic E-state index is 0.112. The Labute approximate surface area is 203 Å². The van der Waals surface area contributed by atoms with Crippen LogP contribution in [0.5, 0.6) is 0 Å². The van der Waals surface area contributed by atoms with E-state index in [9.17, 15) is 22.4 Å². The first-order valence-corrected chi connectivity index (χ1v) is 13.1. The molecule has 2 amide bonds. The molecule has 0 aliphatic rings. The molecule has 2 aromatic carbocycles. The summed E-state index contributed by atoms with van der Waals surface area (Å²) in [6, 6.07) is 11.4. The van der Waals surface area contributed by atoms with E-state index < -0.39 is 40.2 Å². The van der Waals surface area contributed by atoms with Crippen molar-refractivity contribution >= 4 is 43.5 Å². The van der Waals surface area contributed by atoms with Gasteiger partial charge in [-0.3, -0.25) is 13.9 Å². The number of hydrogen-bond donors (Lipinski definition) is 1. The van der Waals surface area contributed by atoms with Crippen molar-refractivity contribution in [3.05, 3.63) is 64.4 Å². The van der Waals surface area contributed by atoms with Crippen molar-refractivity contribution < 1.29 is 22.4 Å². The van der Waals surface area contributed by atoms with Crippen LogP contribution in [0.15, 0.2) is 53.0 Å². The smallest absolute Gasteiger partial charge is 0.244 e. The van der Waals surface area contributed by atoms with E-state index in [0.717, 1.165) is 10.6 Å². The molecule has 0 aromatic heterocycles. The van der Waals surface area contributed by atoms with E-state index in [1.807, 2.05) is 13.8 Å². The Balaban J connectivity index is 2.40. The Kier molecular flexibility index (Phi) is 9.42. The zero-order valence-corrected chi connectivity index (χ0v) is 21.5. The number of benzene rings is 2. The number of hydrogen-bond acceptors (Lipinski definition) is 4. The first-order chi connectivity index (χ1) is 15.4. The van der Waals surface area contributed by atoms with E-state index >= 15 is 0 Å². The minimum Gasteiger partial charge on any atom is -0.352 e. The maximum atomic E-state index is 14.4. The molecule has 10 heteroatoms. The number of sulfonamides is 1. The minimum atomic E-state index is -3.82. The lowest BCUT2D eigenvalue weighted by Crippen LogP contribution is -2.52. The molecule has 7 nitrogen and oxygen atoms in total. The van der Waals surface area contributed by atoms with Gasteiger partial charge >= 0.3 is 0 Å². The third-order valence-electron chi connectivity index (χ3n) is 5.24. The van der Waals surface area contributed by atoms with Crippen LogP contribution in [0, 0.1) is 5.82 Å². The van der Waals surface area contributed by atoms with E-state index in [4.69, 9.17) is 0 Å². The average molecular weight is 542 g/mol. The largest absolute Gasteiger partial charge is 0.352 e. The molecule has 0 bridgehead atoms. The van der Waals surface area contributed by atoms with Gasteiger partial charge in [0.25, 0.3) is 0 Å². The first kappa shape index (κ1) is 26.8. The molecular weight excluding hydrogens is 513 g/mol. The fourth-order valence-corrected chi connectivity index (χ4v) is 4.33. The van der Waals surface area contributed by atoms with Crippen molar-refractivity contribution in [2.75, 3.05) is 17.1 Å². The molecule has 180 valence electrons. The third-order valence-corrected chi connectivity index (χ3v) is 6.88. The van der Waals surface area contributed by atoms with Crippen molar-refractivity contribution in [2.45, 2.75) is 45.8 Å². The number of anilines is 1. The quantitative estimate of drug-likeness (QED) is 0.497. The molecule has 2 rings (SSSR count). The number of amides is 2. The Morgan fingerprint density at radius 3 is 2.36 bits per heavy atom. The molecule has 0 aliphatic carbocycles. The highest BCUT2D eigenvalue weighted by molar-refractivity contribution is 9.10. The van der Waals surface area contributed by atoms with Gasteiger partial charge in [0.15, 0.2) is 0 Å². The standard InChI is InChI=1S/C23H29BrFN3O4S/c1-5-16(2)26-23(30)17(3)27(14-18-9-6-7-12-21(18)25)22(29)15-28(33(4,31)32)20-11-8-10-19(24)13-20/h6-13,16-17H,5,14-15H2,1-4H3,(H,26,30)/t16-,17+/m1/s1. The predicted octanol–water partition coefficient (Wildman–Crippen LogP) is 3.69. The first-order valence-electron chi connectivity index (χ1n) is 10.5. The Hall–Kier alpha value is -2.46. The second-order valence-electron chi connectivity index (χ2n) is 7.86. The van der Waals surface area contributed by atoms with E-state index in [1.165, 1.54) is 23.1 Å². The van der Waals surface area contributed by atoms with Gasteiger partial charge in [-0.1, -0.05) is 47.1 Å². The van der Waals surface area contributed by atoms with Crippen molar-refractivity contribution in [3.63, 3.8) is 0 Å². The van der Waals surface area contributed by atoms with Crippen LogP contribution in [0.4, 0.5) is 10.1 Å². The number of nitrogens with zero attached hydrogens (tertiary/aromatic N) is 2. The number of carbonyl (C=O) groups is 2. The lowest BCUT2D eigenvalue weighted by Gasteiger charge is -2.32. The molecule has 2 aromatic rings. The summed E-state index contributed by atoms with van der Waals surface area (Å²) in [5, 5.41) is 2.82. The molecule has 0 unspecified atom stereocenters. The number of nitrogens with one attached hydrogen (secondary N) is 1. The Morgan fingerprint density at radius 1 is 1.12 bits per heavy atom. The summed E-state index contributed by atoms with van der Waals surface area (Å²) in [5.74, 6) is -1.55. The monoisotopic (exact) mass is 541 g/mol. The van der Waals surface area contributed by atoms with Crippen LogP contribution in [0.3, 0.4) is 0 Å². The Bertz CT molecular complexity index is 1100. The van der Waals surface area contributed by atoms with Crippen molar-refractivity contribution in [3.8, 4) is 0 Å². The molecule has 0 spiro atoms. The zero-order chi connectivity index (χ0) is 24.8. The summed E-state index contributed by atoms with van der Waals surface area (Å²) in [7, 11) is -3.82. The highest BCUT2D eigenvalue weighted by Crippen LogP contribution is 2.23. The molecule has 0 heterocycles. The lowest BCUT2D eigenvalue weighted by molar-refractivity contribution is -0.139. The predicted molar refractivity (Wildman–Crippen MR) is 131 cm³/mol. The molecule has 2 atom stereocenters. The van der Waals surface area contributed by atoms with Crippen molar-refractivity contribution in [1.29, 1.82) is 0 Å². The van der Waals surface area contributed by atoms with Crippen LogP contribution in [0.25, 0.3) is 0 Å². The van der Waals surface area contributed by atoms with E-state index in [0.29, 0.717) is 16.6 Å². The number of carbonyl (C=O) groups excluding carboxylic acids is 2. The molecule has 0 radical (unpaired) electrons. The maximum absolute atomic E-state index is 14.4. The van der Waals surface area contributed by atoms with Gasteiger partial charge in [-0.2, -0.15) is 0 Å². The molecular formula is C23H29BrFN3O4S. The van der Waals surface area contributed by atoms with Gasteiger partial charge in [0, 0.05) is 22.6 Å². The molecule has 0 saturated heterocycles. The molecule has 0 aliphatic heterocycles. The summed E-state index contributed by atoms with van der Waals surface area (Å²) >= 11 is 3.31. The van der Waals surface area contributed by atoms with E-state index in [-0.39, 0.29) is 18.2 Å². The van der Waals surface area contributed by atoms with Gasteiger partial charge in [-0.05, 0) is 44.5 Å². The van der Waals surface area contributed by atoms with Crippen LogP contribution < -0.4 is 9.62 Å². The van der Waals surface area contributed by atoms with Gasteiger partial charge in [0.1, 0.15) is 18.4 Å². The van der Waals surface area contributed by atoms with Crippen LogP contribution in [0.1, 0.15) is 32.8 Å². The summed E-state index contributed by atoms with van der Waals surface area (Å²) in [4.78, 5) is 27.4. The fourth-order valence-electron chi connectivity index (χ4n) is 3.10. The summed E-state index contributed by atoms with van der Waals surface area (Å²) in [6.07, 6.45) is 1.70. The number of halogens is 2. The highest BCUT2D eigenvalue weighted by Gasteiger charge is 2.31. The topological polar surface area (TPSA) is 86.8 Å². The molecule has 33 heavy (non-hydrogen) atoms. The van der Waals surface area contributed by atoms with Crippen LogP contribution in [-0.4, -0.2) is 50.0 Å². The van der Waals surface area contributed by atoms with Gasteiger partial charge in [-0.25, -0.2) is 12.8 Å². The second kappa shape index (κ2) is 11.6. The van der Waals surface area contributed by atoms with Crippen molar-refractivity contribution in [2.24, 2.45) is 0 Å².